The molecule has 1 rings (SSSR count). The van der Waals surface area contributed by atoms with Gasteiger partial charge in [0.2, 0.25) is 17.0 Å². The van der Waals surface area contributed by atoms with Gasteiger partial charge in [-0.25, -0.2) is 4.98 Å². The number of nitro groups is 1. The van der Waals surface area contributed by atoms with Crippen LogP contribution in [-0.4, -0.2) is 40.9 Å². The second-order valence-corrected chi connectivity index (χ2v) is 5.40. The van der Waals surface area contributed by atoms with Gasteiger partial charge < -0.3 is 10.2 Å². The van der Waals surface area contributed by atoms with E-state index in [1.54, 1.807) is 7.05 Å². The second kappa shape index (κ2) is 7.16. The lowest BCUT2D eigenvalue weighted by molar-refractivity contribution is -0.385. The molecule has 0 fully saturated rings. The summed E-state index contributed by atoms with van der Waals surface area (Å²) in [7, 11) is 1.54. The lowest BCUT2D eigenvalue weighted by Gasteiger charge is -2.18. The fraction of sp³-hybridized carbons (Fsp3) is 0.583. The van der Waals surface area contributed by atoms with Crippen LogP contribution in [0.3, 0.4) is 0 Å². The molecule has 0 saturated carbocycles. The van der Waals surface area contributed by atoms with Crippen molar-refractivity contribution in [3.05, 3.63) is 21.1 Å². The van der Waals surface area contributed by atoms with E-state index in [-0.39, 0.29) is 34.9 Å². The number of rotatable bonds is 6. The van der Waals surface area contributed by atoms with Crippen molar-refractivity contribution >= 4 is 29.0 Å². The first-order chi connectivity index (χ1) is 9.72. The fourth-order valence-electron chi connectivity index (χ4n) is 1.66. The first-order valence-electron chi connectivity index (χ1n) is 6.38. The Kier molecular flexibility index (Phi) is 5.83. The van der Waals surface area contributed by atoms with Gasteiger partial charge >= 0.3 is 5.69 Å². The number of likely N-dealkylation sites (N-methyl/N-ethyl adjacent to an activating group) is 1. The number of aromatic nitrogens is 2. The van der Waals surface area contributed by atoms with Crippen LogP contribution in [-0.2, 0) is 4.79 Å². The zero-order valence-electron chi connectivity index (χ0n) is 12.4. The summed E-state index contributed by atoms with van der Waals surface area (Å²) in [4.78, 5) is 31.3. The Labute approximate surface area is 127 Å². The molecule has 0 atom stereocenters. The predicted octanol–water partition coefficient (Wildman–Crippen LogP) is 1.56. The molecule has 0 aliphatic carbocycles. The molecule has 0 saturated heterocycles. The highest BCUT2D eigenvalue weighted by Crippen LogP contribution is 2.28. The van der Waals surface area contributed by atoms with Crippen LogP contribution in [0, 0.1) is 23.0 Å². The molecule has 8 nitrogen and oxygen atoms in total. The highest BCUT2D eigenvalue weighted by Gasteiger charge is 2.25. The summed E-state index contributed by atoms with van der Waals surface area (Å²) < 4.78 is 0. The normalized spacial score (nSPS) is 10.6. The molecule has 0 spiro atoms. The van der Waals surface area contributed by atoms with Crippen LogP contribution in [0.4, 0.5) is 11.5 Å². The van der Waals surface area contributed by atoms with Crippen molar-refractivity contribution in [1.82, 2.24) is 15.3 Å². The number of halogens is 1. The number of nitrogens with zero attached hydrogens (tertiary/aromatic N) is 4. The summed E-state index contributed by atoms with van der Waals surface area (Å²) in [5.74, 6) is 0.106. The quantitative estimate of drug-likeness (QED) is 0.485. The van der Waals surface area contributed by atoms with E-state index in [1.165, 1.54) is 11.8 Å². The zero-order valence-corrected chi connectivity index (χ0v) is 13.1. The first kappa shape index (κ1) is 17.1. The summed E-state index contributed by atoms with van der Waals surface area (Å²) in [6.07, 6.45) is 0. The Hall–Kier alpha value is -1.96. The van der Waals surface area contributed by atoms with Crippen molar-refractivity contribution < 1.29 is 9.72 Å². The third-order valence-electron chi connectivity index (χ3n) is 2.65. The van der Waals surface area contributed by atoms with Crippen LogP contribution in [0.1, 0.15) is 19.5 Å². The van der Waals surface area contributed by atoms with Gasteiger partial charge in [0.25, 0.3) is 0 Å². The number of anilines is 1. The van der Waals surface area contributed by atoms with E-state index >= 15 is 0 Å². The maximum atomic E-state index is 11.8. The highest BCUT2D eigenvalue weighted by atomic mass is 35.5. The first-order valence-corrected chi connectivity index (χ1v) is 6.76. The summed E-state index contributed by atoms with van der Waals surface area (Å²) >= 11 is 5.74. The maximum Gasteiger partial charge on any atom is 0.332 e. The van der Waals surface area contributed by atoms with E-state index in [2.05, 4.69) is 15.3 Å². The maximum absolute atomic E-state index is 11.8. The van der Waals surface area contributed by atoms with E-state index in [4.69, 9.17) is 11.6 Å². The van der Waals surface area contributed by atoms with Crippen molar-refractivity contribution in [2.45, 2.75) is 20.8 Å². The van der Waals surface area contributed by atoms with Gasteiger partial charge in [0.05, 0.1) is 11.5 Å². The summed E-state index contributed by atoms with van der Waals surface area (Å²) in [6, 6.07) is 0. The van der Waals surface area contributed by atoms with Crippen LogP contribution in [0.2, 0.25) is 5.28 Å². The Morgan fingerprint density at radius 1 is 1.48 bits per heavy atom. The van der Waals surface area contributed by atoms with Gasteiger partial charge in [-0.05, 0) is 24.4 Å². The minimum Gasteiger partial charge on any atom is -0.354 e. The monoisotopic (exact) mass is 315 g/mol. The van der Waals surface area contributed by atoms with E-state index in [9.17, 15) is 14.9 Å². The van der Waals surface area contributed by atoms with Gasteiger partial charge in [-0.2, -0.15) is 4.98 Å². The van der Waals surface area contributed by atoms with Crippen molar-refractivity contribution in [2.24, 2.45) is 5.92 Å². The molecule has 0 aliphatic rings. The summed E-state index contributed by atoms with van der Waals surface area (Å²) in [6.45, 7) is 5.91. The fourth-order valence-corrected chi connectivity index (χ4v) is 1.87. The molecule has 1 heterocycles. The summed E-state index contributed by atoms with van der Waals surface area (Å²) in [5, 5.41) is 13.8. The summed E-state index contributed by atoms with van der Waals surface area (Å²) in [5.41, 5.74) is -0.0944. The molecule has 116 valence electrons. The van der Waals surface area contributed by atoms with E-state index in [0.717, 1.165) is 0 Å². The highest BCUT2D eigenvalue weighted by molar-refractivity contribution is 6.28. The molecule has 0 unspecified atom stereocenters. The van der Waals surface area contributed by atoms with E-state index in [1.807, 2.05) is 13.8 Å². The Morgan fingerprint density at radius 3 is 2.62 bits per heavy atom. The smallest absolute Gasteiger partial charge is 0.332 e. The SMILES string of the molecule is Cc1nc(Cl)nc(N(C)CC(=O)NCC(C)C)c1[N+](=O)[O-]. The van der Waals surface area contributed by atoms with Crippen LogP contribution in [0.25, 0.3) is 0 Å². The average molecular weight is 316 g/mol. The third kappa shape index (κ3) is 4.82. The molecule has 0 aromatic carbocycles. The number of nitrogens with one attached hydrogen (secondary N) is 1. The third-order valence-corrected chi connectivity index (χ3v) is 2.81. The van der Waals surface area contributed by atoms with E-state index < -0.39 is 4.92 Å². The van der Waals surface area contributed by atoms with Crippen LogP contribution >= 0.6 is 11.6 Å². The van der Waals surface area contributed by atoms with Gasteiger partial charge in [-0.15, -0.1) is 0 Å². The number of carbonyl (C=O) groups is 1. The van der Waals surface area contributed by atoms with Gasteiger partial charge in [-0.3, -0.25) is 14.9 Å². The Balaban J connectivity index is 2.94. The standard InChI is InChI=1S/C12H18ClN5O3/c1-7(2)5-14-9(19)6-17(4)11-10(18(20)21)8(3)15-12(13)16-11/h7H,5-6H2,1-4H3,(H,14,19). The lowest BCUT2D eigenvalue weighted by Crippen LogP contribution is -2.37. The van der Waals surface area contributed by atoms with E-state index in [0.29, 0.717) is 12.5 Å². The Morgan fingerprint density at radius 2 is 2.10 bits per heavy atom. The van der Waals surface area contributed by atoms with Gasteiger partial charge in [0, 0.05) is 13.6 Å². The number of aryl methyl sites for hydroxylation is 1. The van der Waals surface area contributed by atoms with Crippen molar-refractivity contribution in [3.8, 4) is 0 Å². The second-order valence-electron chi connectivity index (χ2n) is 5.06. The molecule has 0 aliphatic heterocycles. The number of hydrogen-bond acceptors (Lipinski definition) is 6. The molecule has 21 heavy (non-hydrogen) atoms. The minimum absolute atomic E-state index is 0.0252. The minimum atomic E-state index is -0.580. The molecular weight excluding hydrogens is 298 g/mol. The van der Waals surface area contributed by atoms with Crippen molar-refractivity contribution in [3.63, 3.8) is 0 Å². The zero-order chi connectivity index (χ0) is 16.2. The topological polar surface area (TPSA) is 101 Å². The number of hydrogen-bond donors (Lipinski definition) is 1. The molecular formula is C12H18ClN5O3. The molecule has 0 bridgehead atoms. The molecule has 1 aromatic heterocycles. The van der Waals surface area contributed by atoms with Crippen molar-refractivity contribution in [2.75, 3.05) is 25.0 Å². The van der Waals surface area contributed by atoms with Crippen LogP contribution < -0.4 is 10.2 Å². The van der Waals surface area contributed by atoms with Gasteiger partial charge in [0.15, 0.2) is 0 Å². The molecule has 1 amide bonds. The predicted molar refractivity (Wildman–Crippen MR) is 79.6 cm³/mol. The number of carbonyl (C=O) groups excluding carboxylic acids is 1. The van der Waals surface area contributed by atoms with Gasteiger partial charge in [-0.1, -0.05) is 13.8 Å². The van der Waals surface area contributed by atoms with Crippen LogP contribution in [0.5, 0.6) is 0 Å². The largest absolute Gasteiger partial charge is 0.354 e. The van der Waals surface area contributed by atoms with Crippen molar-refractivity contribution in [1.29, 1.82) is 0 Å². The molecule has 0 radical (unpaired) electrons. The lowest BCUT2D eigenvalue weighted by atomic mass is 10.2. The van der Waals surface area contributed by atoms with Gasteiger partial charge in [0.1, 0.15) is 5.69 Å². The number of amides is 1. The molecule has 9 heteroatoms. The Bertz CT molecular complexity index is 550. The van der Waals surface area contributed by atoms with Crippen LogP contribution in [0.15, 0.2) is 0 Å². The average Bonchev–Trinajstić information content (AvgIpc) is 2.34. The molecule has 1 aromatic rings. The molecule has 1 N–H and O–H groups in total.